The molecule has 2 rings (SSSR count). The number of nitrogens with one attached hydrogen (secondary N) is 1. The van der Waals surface area contributed by atoms with Gasteiger partial charge in [-0.2, -0.15) is 0 Å². The highest BCUT2D eigenvalue weighted by Crippen LogP contribution is 2.39. The Morgan fingerprint density at radius 2 is 2.16 bits per heavy atom. The van der Waals surface area contributed by atoms with E-state index in [1.54, 1.807) is 0 Å². The topological polar surface area (TPSA) is 55.1 Å². The van der Waals surface area contributed by atoms with Gasteiger partial charge in [0.1, 0.15) is 0 Å². The monoisotopic (exact) mass is 324 g/mol. The molecule has 104 valence electrons. The number of carbonyl (C=O) groups is 1. The van der Waals surface area contributed by atoms with Gasteiger partial charge in [-0.15, -0.1) is 0 Å². The van der Waals surface area contributed by atoms with Crippen LogP contribution in [0.1, 0.15) is 31.7 Å². The lowest BCUT2D eigenvalue weighted by molar-refractivity contribution is -0.123. The molecule has 1 atom stereocenters. The number of rotatable bonds is 6. The molecule has 3 N–H and O–H groups in total. The van der Waals surface area contributed by atoms with Gasteiger partial charge < -0.3 is 11.1 Å². The molecule has 1 aromatic rings. The van der Waals surface area contributed by atoms with E-state index < -0.39 is 0 Å². The maximum absolute atomic E-state index is 12.1. The van der Waals surface area contributed by atoms with Crippen LogP contribution in [0.5, 0.6) is 0 Å². The summed E-state index contributed by atoms with van der Waals surface area (Å²) in [6.07, 6.45) is 3.61. The van der Waals surface area contributed by atoms with E-state index in [4.69, 9.17) is 5.73 Å². The Morgan fingerprint density at radius 1 is 1.47 bits per heavy atom. The average Bonchev–Trinajstić information content (AvgIpc) is 3.22. The van der Waals surface area contributed by atoms with Crippen LogP contribution in [0.3, 0.4) is 0 Å². The van der Waals surface area contributed by atoms with Crippen molar-refractivity contribution in [2.24, 2.45) is 11.7 Å². The minimum atomic E-state index is -0.217. The molecule has 1 saturated carbocycles. The van der Waals surface area contributed by atoms with Gasteiger partial charge in [-0.05, 0) is 43.7 Å². The summed E-state index contributed by atoms with van der Waals surface area (Å²) in [4.78, 5) is 12.1. The van der Waals surface area contributed by atoms with Crippen LogP contribution < -0.4 is 11.1 Å². The summed E-state index contributed by atoms with van der Waals surface area (Å²) in [6.45, 7) is 2.57. The first kappa shape index (κ1) is 14.5. The second kappa shape index (κ2) is 6.06. The van der Waals surface area contributed by atoms with Gasteiger partial charge in [0, 0.05) is 17.4 Å². The van der Waals surface area contributed by atoms with Crippen LogP contribution in [0, 0.1) is 5.92 Å². The Morgan fingerprint density at radius 3 is 2.74 bits per heavy atom. The Labute approximate surface area is 123 Å². The largest absolute Gasteiger partial charge is 0.349 e. The van der Waals surface area contributed by atoms with Crippen LogP contribution >= 0.6 is 15.9 Å². The molecule has 1 aliphatic carbocycles. The third kappa shape index (κ3) is 3.80. The van der Waals surface area contributed by atoms with Crippen LogP contribution in [0.2, 0.25) is 0 Å². The summed E-state index contributed by atoms with van der Waals surface area (Å²) < 4.78 is 1.06. The van der Waals surface area contributed by atoms with Crippen LogP contribution in [-0.2, 0) is 11.2 Å². The molecular weight excluding hydrogens is 304 g/mol. The molecule has 1 unspecified atom stereocenters. The summed E-state index contributed by atoms with van der Waals surface area (Å²) in [5.41, 5.74) is 6.75. The summed E-state index contributed by atoms with van der Waals surface area (Å²) in [5.74, 6) is 0.653. The molecule has 0 saturated heterocycles. The number of halogens is 1. The van der Waals surface area contributed by atoms with Gasteiger partial charge in [-0.3, -0.25) is 4.79 Å². The zero-order chi connectivity index (χ0) is 13.9. The van der Waals surface area contributed by atoms with Crippen molar-refractivity contribution < 1.29 is 4.79 Å². The first-order chi connectivity index (χ1) is 9.05. The van der Waals surface area contributed by atoms with Gasteiger partial charge in [0.2, 0.25) is 5.91 Å². The predicted octanol–water partition coefficient (Wildman–Crippen LogP) is 2.63. The number of hydrogen-bond donors (Lipinski definition) is 2. The summed E-state index contributed by atoms with van der Waals surface area (Å²) >= 11 is 3.50. The van der Waals surface area contributed by atoms with E-state index in [9.17, 15) is 4.79 Å². The molecule has 1 aromatic carbocycles. The van der Waals surface area contributed by atoms with Crippen molar-refractivity contribution >= 4 is 21.8 Å². The van der Waals surface area contributed by atoms with E-state index in [1.165, 1.54) is 18.4 Å². The van der Waals surface area contributed by atoms with Crippen LogP contribution in [-0.4, -0.2) is 18.0 Å². The fourth-order valence-corrected chi connectivity index (χ4v) is 2.85. The molecule has 0 radical (unpaired) electrons. The van der Waals surface area contributed by atoms with E-state index in [-0.39, 0.29) is 11.4 Å². The average molecular weight is 325 g/mol. The van der Waals surface area contributed by atoms with Crippen LogP contribution in [0.4, 0.5) is 0 Å². The molecule has 4 heteroatoms. The summed E-state index contributed by atoms with van der Waals surface area (Å²) in [5, 5.41) is 3.12. The lowest BCUT2D eigenvalue weighted by Gasteiger charge is -2.29. The van der Waals surface area contributed by atoms with E-state index in [1.807, 2.05) is 24.3 Å². The standard InChI is InChI=1S/C15H21BrN2O/c1-15(10-17,12-7-8-12)18-14(19)9-6-11-4-2-3-5-13(11)16/h2-5,12H,6-10,17H2,1H3,(H,18,19). The highest BCUT2D eigenvalue weighted by Gasteiger charge is 2.41. The van der Waals surface area contributed by atoms with Gasteiger partial charge in [-0.1, -0.05) is 34.1 Å². The molecule has 3 nitrogen and oxygen atoms in total. The van der Waals surface area contributed by atoms with E-state index in [2.05, 4.69) is 28.2 Å². The second-order valence-electron chi connectivity index (χ2n) is 5.54. The smallest absolute Gasteiger partial charge is 0.220 e. The molecule has 1 fully saturated rings. The lowest BCUT2D eigenvalue weighted by Crippen LogP contribution is -2.53. The maximum Gasteiger partial charge on any atom is 0.220 e. The number of carbonyl (C=O) groups excluding carboxylic acids is 1. The fraction of sp³-hybridized carbons (Fsp3) is 0.533. The SMILES string of the molecule is CC(CN)(NC(=O)CCc1ccccc1Br)C1CC1. The van der Waals surface area contributed by atoms with Gasteiger partial charge in [0.25, 0.3) is 0 Å². The van der Waals surface area contributed by atoms with E-state index in [0.29, 0.717) is 18.9 Å². The molecule has 1 aliphatic rings. The first-order valence-corrected chi connectivity index (χ1v) is 7.59. The molecule has 0 aliphatic heterocycles. The third-order valence-corrected chi connectivity index (χ3v) is 4.68. The Balaban J connectivity index is 1.86. The molecule has 1 amide bonds. The number of hydrogen-bond acceptors (Lipinski definition) is 2. The molecule has 0 heterocycles. The Bertz CT molecular complexity index is 459. The third-order valence-electron chi connectivity index (χ3n) is 3.91. The highest BCUT2D eigenvalue weighted by atomic mass is 79.9. The minimum absolute atomic E-state index is 0.0932. The first-order valence-electron chi connectivity index (χ1n) is 6.79. The number of nitrogens with two attached hydrogens (primary N) is 1. The van der Waals surface area contributed by atoms with Gasteiger partial charge in [-0.25, -0.2) is 0 Å². The van der Waals surface area contributed by atoms with Gasteiger partial charge in [0.05, 0.1) is 5.54 Å². The second-order valence-corrected chi connectivity index (χ2v) is 6.39. The van der Waals surface area contributed by atoms with Crippen molar-refractivity contribution in [2.75, 3.05) is 6.54 Å². The van der Waals surface area contributed by atoms with Crippen molar-refractivity contribution in [1.29, 1.82) is 0 Å². The van der Waals surface area contributed by atoms with Crippen LogP contribution in [0.25, 0.3) is 0 Å². The highest BCUT2D eigenvalue weighted by molar-refractivity contribution is 9.10. The van der Waals surface area contributed by atoms with Gasteiger partial charge >= 0.3 is 0 Å². The van der Waals surface area contributed by atoms with E-state index in [0.717, 1.165) is 10.9 Å². The quantitative estimate of drug-likeness (QED) is 0.845. The predicted molar refractivity (Wildman–Crippen MR) is 80.8 cm³/mol. The summed E-state index contributed by atoms with van der Waals surface area (Å²) in [7, 11) is 0. The fourth-order valence-electron chi connectivity index (χ4n) is 2.37. The number of amides is 1. The van der Waals surface area contributed by atoms with Crippen molar-refractivity contribution in [3.63, 3.8) is 0 Å². The zero-order valence-electron chi connectivity index (χ0n) is 11.3. The Kier molecular flexibility index (Phi) is 4.63. The lowest BCUT2D eigenvalue weighted by atomic mass is 9.95. The number of benzene rings is 1. The van der Waals surface area contributed by atoms with Crippen molar-refractivity contribution in [3.8, 4) is 0 Å². The Hall–Kier alpha value is -0.870. The van der Waals surface area contributed by atoms with Crippen molar-refractivity contribution in [2.45, 2.75) is 38.1 Å². The van der Waals surface area contributed by atoms with Crippen molar-refractivity contribution in [1.82, 2.24) is 5.32 Å². The zero-order valence-corrected chi connectivity index (χ0v) is 12.9. The summed E-state index contributed by atoms with van der Waals surface area (Å²) in [6, 6.07) is 8.01. The number of aryl methyl sites for hydroxylation is 1. The van der Waals surface area contributed by atoms with Crippen LogP contribution in [0.15, 0.2) is 28.7 Å². The van der Waals surface area contributed by atoms with E-state index >= 15 is 0 Å². The molecule has 19 heavy (non-hydrogen) atoms. The normalized spacial score (nSPS) is 17.8. The molecule has 0 bridgehead atoms. The minimum Gasteiger partial charge on any atom is -0.349 e. The van der Waals surface area contributed by atoms with Gasteiger partial charge in [0.15, 0.2) is 0 Å². The molecule has 0 aromatic heterocycles. The van der Waals surface area contributed by atoms with Crippen molar-refractivity contribution in [3.05, 3.63) is 34.3 Å². The molecular formula is C15H21BrN2O. The maximum atomic E-state index is 12.1. The molecule has 0 spiro atoms.